The molecule has 1 aromatic rings. The second-order valence-electron chi connectivity index (χ2n) is 9.84. The highest BCUT2D eigenvalue weighted by Crippen LogP contribution is 2.48. The lowest BCUT2D eigenvalue weighted by Crippen LogP contribution is -2.54. The smallest absolute Gasteiger partial charge is 0.421 e. The van der Waals surface area contributed by atoms with Gasteiger partial charge in [-0.1, -0.05) is 0 Å². The zero-order valence-electron chi connectivity index (χ0n) is 19.6. The normalized spacial score (nSPS) is 25.9. The number of carbonyl (C=O) groups is 1. The van der Waals surface area contributed by atoms with Crippen molar-refractivity contribution in [2.75, 3.05) is 48.0 Å². The third-order valence-corrected chi connectivity index (χ3v) is 8.35. The van der Waals surface area contributed by atoms with Crippen LogP contribution in [0.1, 0.15) is 40.0 Å². The molecule has 2 N–H and O–H groups in total. The van der Waals surface area contributed by atoms with Gasteiger partial charge in [0, 0.05) is 43.8 Å². The largest absolute Gasteiger partial charge is 0.452 e. The predicted molar refractivity (Wildman–Crippen MR) is 128 cm³/mol. The van der Waals surface area contributed by atoms with Gasteiger partial charge in [-0.15, -0.1) is 0 Å². The molecule has 2 fully saturated rings. The lowest BCUT2D eigenvalue weighted by atomic mass is 10.1. The van der Waals surface area contributed by atoms with Gasteiger partial charge >= 0.3 is 6.09 Å². The van der Waals surface area contributed by atoms with Crippen LogP contribution in [0.15, 0.2) is 22.0 Å². The van der Waals surface area contributed by atoms with Crippen LogP contribution in [0.25, 0.3) is 0 Å². The van der Waals surface area contributed by atoms with Gasteiger partial charge in [-0.25, -0.2) is 22.8 Å². The fourth-order valence-corrected chi connectivity index (χ4v) is 6.50. The Kier molecular flexibility index (Phi) is 5.33. The maximum Gasteiger partial charge on any atom is 0.421 e. The Bertz CT molecular complexity index is 1110. The maximum atomic E-state index is 13.4. The summed E-state index contributed by atoms with van der Waals surface area (Å²) in [7, 11) is -2.46. The van der Waals surface area contributed by atoms with Crippen molar-refractivity contribution in [3.63, 3.8) is 0 Å². The van der Waals surface area contributed by atoms with Crippen molar-refractivity contribution >= 4 is 39.1 Å². The number of carbonyl (C=O) groups excluding carboxylic acids is 1. The van der Waals surface area contributed by atoms with Crippen LogP contribution >= 0.6 is 0 Å². The highest BCUT2D eigenvalue weighted by molar-refractivity contribution is 7.89. The molecule has 3 heterocycles. The molecule has 1 aromatic carbocycles. The summed E-state index contributed by atoms with van der Waals surface area (Å²) in [5, 5.41) is 3.53. The van der Waals surface area contributed by atoms with E-state index < -0.39 is 21.7 Å². The monoisotopic (exact) mass is 476 g/mol. The highest BCUT2D eigenvalue weighted by atomic mass is 32.2. The summed E-state index contributed by atoms with van der Waals surface area (Å²) < 4.78 is 34.7. The molecule has 0 radical (unpaired) electrons. The molecule has 0 spiro atoms. The van der Waals surface area contributed by atoms with Crippen molar-refractivity contribution in [3.8, 4) is 0 Å². The van der Waals surface area contributed by atoms with Crippen molar-refractivity contribution in [2.45, 2.75) is 62.6 Å². The van der Waals surface area contributed by atoms with Gasteiger partial charge in [-0.3, -0.25) is 4.99 Å². The molecule has 3 aliphatic heterocycles. The van der Waals surface area contributed by atoms with Crippen LogP contribution in [0.4, 0.5) is 21.9 Å². The van der Waals surface area contributed by atoms with Crippen LogP contribution in [0.3, 0.4) is 0 Å². The van der Waals surface area contributed by atoms with Gasteiger partial charge < -0.3 is 19.9 Å². The number of benzene rings is 1. The summed E-state index contributed by atoms with van der Waals surface area (Å²) >= 11 is 0. The van der Waals surface area contributed by atoms with E-state index in [1.807, 2.05) is 11.8 Å². The van der Waals surface area contributed by atoms with E-state index in [0.29, 0.717) is 24.7 Å². The molecule has 1 aliphatic carbocycles. The minimum atomic E-state index is -3.78. The van der Waals surface area contributed by atoms with Crippen LogP contribution < -0.4 is 24.7 Å². The highest BCUT2D eigenvalue weighted by Gasteiger charge is 2.45. The van der Waals surface area contributed by atoms with Gasteiger partial charge in [-0.05, 0) is 52.2 Å². The first-order chi connectivity index (χ1) is 15.6. The molecule has 4 aliphatic rings. The van der Waals surface area contributed by atoms with Crippen molar-refractivity contribution in [1.29, 1.82) is 0 Å². The van der Waals surface area contributed by atoms with E-state index in [4.69, 9.17) is 4.74 Å². The summed E-state index contributed by atoms with van der Waals surface area (Å²) in [5.74, 6) is 0.497. The fourth-order valence-electron chi connectivity index (χ4n) is 4.99. The molecule has 0 aromatic heterocycles. The number of ether oxygens (including phenoxy) is 1. The Morgan fingerprint density at radius 3 is 2.52 bits per heavy atom. The molecule has 11 heteroatoms. The van der Waals surface area contributed by atoms with Crippen LogP contribution in [-0.4, -0.2) is 71.4 Å². The number of fused-ring (bicyclic) bond motifs is 3. The van der Waals surface area contributed by atoms with Gasteiger partial charge in [0.1, 0.15) is 0 Å². The topological polar surface area (TPSA) is 107 Å². The second-order valence-corrected chi connectivity index (χ2v) is 11.5. The minimum Gasteiger partial charge on any atom is -0.452 e. The summed E-state index contributed by atoms with van der Waals surface area (Å²) in [6.07, 6.45) is 1.90. The molecular weight excluding hydrogens is 444 g/mol. The number of rotatable bonds is 4. The predicted octanol–water partition coefficient (Wildman–Crippen LogP) is 1.86. The molecule has 1 amide bonds. The van der Waals surface area contributed by atoms with Gasteiger partial charge in [-0.2, -0.15) is 0 Å². The molecule has 10 nitrogen and oxygen atoms in total. The Hall–Kier alpha value is -2.37. The number of amides is 1. The number of hydrogen-bond donors (Lipinski definition) is 2. The minimum absolute atomic E-state index is 0.151. The van der Waals surface area contributed by atoms with Crippen molar-refractivity contribution < 1.29 is 17.9 Å². The number of methoxy groups -OCH3 is 1. The average Bonchev–Trinajstić information content (AvgIpc) is 3.38. The number of piperazine rings is 1. The molecule has 180 valence electrons. The first kappa shape index (κ1) is 22.4. The summed E-state index contributed by atoms with van der Waals surface area (Å²) in [6, 6.07) is 3.81. The second kappa shape index (κ2) is 7.85. The lowest BCUT2D eigenvalue weighted by Gasteiger charge is -2.39. The number of anilines is 3. The Balaban J connectivity index is 1.70. The van der Waals surface area contributed by atoms with Crippen LogP contribution in [0, 0.1) is 0 Å². The van der Waals surface area contributed by atoms with E-state index in [0.717, 1.165) is 43.7 Å². The number of aliphatic imine (C=N–C) groups is 1. The third-order valence-electron chi connectivity index (χ3n) is 6.73. The molecule has 2 atom stereocenters. The van der Waals surface area contributed by atoms with Gasteiger partial charge in [0.15, 0.2) is 0 Å². The van der Waals surface area contributed by atoms with Crippen molar-refractivity contribution in [2.24, 2.45) is 4.99 Å². The maximum absolute atomic E-state index is 13.4. The van der Waals surface area contributed by atoms with Gasteiger partial charge in [0.05, 0.1) is 29.1 Å². The Labute approximate surface area is 195 Å². The first-order valence-corrected chi connectivity index (χ1v) is 13.0. The molecule has 33 heavy (non-hydrogen) atoms. The number of hydrogen-bond acceptors (Lipinski definition) is 8. The summed E-state index contributed by atoms with van der Waals surface area (Å²) in [6.45, 7) is 8.91. The number of sulfonamides is 1. The molecule has 0 bridgehead atoms. The zero-order chi connectivity index (χ0) is 23.5. The fraction of sp³-hybridized carbons (Fsp3) is 0.636. The van der Waals surface area contributed by atoms with Crippen LogP contribution in [-0.2, 0) is 14.8 Å². The molecule has 1 saturated carbocycles. The number of nitrogens with one attached hydrogen (secondary N) is 2. The summed E-state index contributed by atoms with van der Waals surface area (Å²) in [4.78, 5) is 23.2. The third kappa shape index (κ3) is 3.95. The number of nitrogens with zero attached hydrogens (tertiary/aromatic N) is 4. The first-order valence-electron chi connectivity index (χ1n) is 11.5. The van der Waals surface area contributed by atoms with E-state index in [1.54, 1.807) is 12.1 Å². The SMILES string of the molecule is COC(=O)N1C2=NCCCN2c2c(N3CC(C)NC(C)C3)cc(S(=O)(=O)NC3(C)CC3)cc21. The molecular formula is C22H32N6O4S. The Morgan fingerprint density at radius 2 is 1.88 bits per heavy atom. The average molecular weight is 477 g/mol. The standard InChI is InChI=1S/C22H32N6O4S/c1-14-12-26(13-15(2)24-14)17-10-16(33(30,31)25-22(3)6-7-22)11-18-19(17)27-9-5-8-23-20(27)28(18)21(29)32-4/h10-11,14-15,24-25H,5-9,12-13H2,1-4H3. The van der Waals surface area contributed by atoms with E-state index in [9.17, 15) is 13.2 Å². The Morgan fingerprint density at radius 1 is 1.21 bits per heavy atom. The van der Waals surface area contributed by atoms with E-state index in [2.05, 4.69) is 33.8 Å². The van der Waals surface area contributed by atoms with Crippen molar-refractivity contribution in [3.05, 3.63) is 12.1 Å². The van der Waals surface area contributed by atoms with E-state index in [1.165, 1.54) is 12.0 Å². The summed E-state index contributed by atoms with van der Waals surface area (Å²) in [5.41, 5.74) is 1.71. The zero-order valence-corrected chi connectivity index (χ0v) is 20.4. The molecule has 2 unspecified atom stereocenters. The van der Waals surface area contributed by atoms with E-state index >= 15 is 0 Å². The molecule has 5 rings (SSSR count). The van der Waals surface area contributed by atoms with Crippen molar-refractivity contribution in [1.82, 2.24) is 10.0 Å². The van der Waals surface area contributed by atoms with Crippen LogP contribution in [0.2, 0.25) is 0 Å². The molecule has 1 saturated heterocycles. The quantitative estimate of drug-likeness (QED) is 0.683. The van der Waals surface area contributed by atoms with Gasteiger partial charge in [0.25, 0.3) is 0 Å². The van der Waals surface area contributed by atoms with Gasteiger partial charge in [0.2, 0.25) is 16.0 Å². The van der Waals surface area contributed by atoms with Crippen LogP contribution in [0.5, 0.6) is 0 Å². The lowest BCUT2D eigenvalue weighted by molar-refractivity contribution is 0.182. The van der Waals surface area contributed by atoms with E-state index in [-0.39, 0.29) is 17.0 Å². The number of guanidine groups is 1.